The van der Waals surface area contributed by atoms with Crippen LogP contribution in [-0.2, 0) is 30.4 Å². The van der Waals surface area contributed by atoms with Crippen molar-refractivity contribution in [3.05, 3.63) is 35.9 Å². The highest BCUT2D eigenvalue weighted by Crippen LogP contribution is 2.09. The minimum atomic E-state index is -1.27. The average Bonchev–Trinajstić information content (AvgIpc) is 2.83. The van der Waals surface area contributed by atoms with Crippen LogP contribution in [0.2, 0.25) is 0 Å². The molecule has 4 amide bonds. The van der Waals surface area contributed by atoms with Gasteiger partial charge in [-0.2, -0.15) is 12.6 Å². The maximum absolute atomic E-state index is 13.1. The van der Waals surface area contributed by atoms with Gasteiger partial charge in [0.2, 0.25) is 23.6 Å². The van der Waals surface area contributed by atoms with Gasteiger partial charge in [-0.3, -0.25) is 19.2 Å². The van der Waals surface area contributed by atoms with Crippen molar-refractivity contribution in [2.45, 2.75) is 63.7 Å². The monoisotopic (exact) mass is 509 g/mol. The van der Waals surface area contributed by atoms with Crippen LogP contribution in [0, 0.1) is 5.92 Å². The van der Waals surface area contributed by atoms with Crippen LogP contribution in [0.1, 0.15) is 38.7 Å². The summed E-state index contributed by atoms with van der Waals surface area (Å²) in [5.41, 5.74) is 11.9. The molecule has 1 aromatic carbocycles. The minimum absolute atomic E-state index is 0.0557. The Hall–Kier alpha value is -3.12. The molecule has 0 aliphatic carbocycles. The van der Waals surface area contributed by atoms with Crippen LogP contribution < -0.4 is 27.4 Å². The molecule has 194 valence electrons. The number of amides is 4. The smallest absolute Gasteiger partial charge is 0.327 e. The van der Waals surface area contributed by atoms with E-state index in [-0.39, 0.29) is 30.9 Å². The molecule has 11 nitrogen and oxygen atoms in total. The Morgan fingerprint density at radius 1 is 0.943 bits per heavy atom. The van der Waals surface area contributed by atoms with E-state index in [2.05, 4.69) is 28.6 Å². The first-order valence-electron chi connectivity index (χ1n) is 11.3. The Labute approximate surface area is 210 Å². The molecule has 0 spiro atoms. The number of nitrogens with one attached hydrogen (secondary N) is 3. The average molecular weight is 510 g/mol. The highest BCUT2D eigenvalue weighted by molar-refractivity contribution is 7.80. The van der Waals surface area contributed by atoms with Crippen LogP contribution in [0.25, 0.3) is 0 Å². The van der Waals surface area contributed by atoms with Crippen molar-refractivity contribution in [3.63, 3.8) is 0 Å². The Bertz CT molecular complexity index is 884. The number of primary amides is 1. The van der Waals surface area contributed by atoms with Crippen LogP contribution in [-0.4, -0.2) is 64.6 Å². The molecule has 1 rings (SSSR count). The molecule has 0 saturated carbocycles. The Kier molecular flexibility index (Phi) is 12.8. The highest BCUT2D eigenvalue weighted by atomic mass is 32.1. The molecule has 0 saturated heterocycles. The van der Waals surface area contributed by atoms with Crippen LogP contribution in [0.15, 0.2) is 30.3 Å². The number of carboxylic acids is 1. The van der Waals surface area contributed by atoms with Gasteiger partial charge in [0.1, 0.15) is 18.1 Å². The van der Waals surface area contributed by atoms with E-state index >= 15 is 0 Å². The van der Waals surface area contributed by atoms with Crippen molar-refractivity contribution in [3.8, 4) is 0 Å². The van der Waals surface area contributed by atoms with Crippen molar-refractivity contribution in [2.24, 2.45) is 17.4 Å². The first kappa shape index (κ1) is 29.9. The van der Waals surface area contributed by atoms with Gasteiger partial charge in [-0.15, -0.1) is 0 Å². The normalized spacial score (nSPS) is 15.1. The summed E-state index contributed by atoms with van der Waals surface area (Å²) >= 11 is 3.94. The van der Waals surface area contributed by atoms with E-state index < -0.39 is 53.8 Å². The van der Waals surface area contributed by atoms with Gasteiger partial charge < -0.3 is 32.5 Å². The van der Waals surface area contributed by atoms with Gasteiger partial charge in [0, 0.05) is 18.6 Å². The fourth-order valence-electron chi connectivity index (χ4n) is 3.12. The topological polar surface area (TPSA) is 194 Å². The number of hydrogen-bond acceptors (Lipinski definition) is 7. The van der Waals surface area contributed by atoms with Gasteiger partial charge >= 0.3 is 5.97 Å². The quantitative estimate of drug-likeness (QED) is 0.152. The summed E-state index contributed by atoms with van der Waals surface area (Å²) in [6.45, 7) is 3.67. The summed E-state index contributed by atoms with van der Waals surface area (Å²) in [7, 11) is 0. The molecule has 0 radical (unpaired) electrons. The summed E-state index contributed by atoms with van der Waals surface area (Å²) in [6, 6.07) is 4.30. The molecule has 1 aromatic rings. The number of hydrogen-bond donors (Lipinski definition) is 7. The third-order valence-electron chi connectivity index (χ3n) is 5.58. The lowest BCUT2D eigenvalue weighted by Crippen LogP contribution is -2.58. The lowest BCUT2D eigenvalue weighted by molar-refractivity contribution is -0.141. The van der Waals surface area contributed by atoms with E-state index in [1.54, 1.807) is 37.3 Å². The van der Waals surface area contributed by atoms with Crippen LogP contribution in [0.4, 0.5) is 0 Å². The molecule has 0 bridgehead atoms. The summed E-state index contributed by atoms with van der Waals surface area (Å²) in [5.74, 6) is -4.29. The zero-order valence-electron chi connectivity index (χ0n) is 19.9. The van der Waals surface area contributed by atoms with Crippen molar-refractivity contribution in [2.75, 3.05) is 5.75 Å². The van der Waals surface area contributed by atoms with E-state index in [9.17, 15) is 29.1 Å². The first-order chi connectivity index (χ1) is 16.5. The predicted octanol–water partition coefficient (Wildman–Crippen LogP) is -0.663. The molecule has 12 heteroatoms. The molecule has 0 aliphatic rings. The van der Waals surface area contributed by atoms with Gasteiger partial charge in [-0.1, -0.05) is 50.6 Å². The Morgan fingerprint density at radius 3 is 2.00 bits per heavy atom. The predicted molar refractivity (Wildman–Crippen MR) is 133 cm³/mol. The maximum Gasteiger partial charge on any atom is 0.327 e. The van der Waals surface area contributed by atoms with Gasteiger partial charge in [-0.05, 0) is 17.9 Å². The van der Waals surface area contributed by atoms with Gasteiger partial charge in [0.05, 0.1) is 6.04 Å². The van der Waals surface area contributed by atoms with Crippen molar-refractivity contribution < 1.29 is 29.1 Å². The zero-order chi connectivity index (χ0) is 26.5. The lowest BCUT2D eigenvalue weighted by Gasteiger charge is -2.26. The molecule has 8 N–H and O–H groups in total. The third-order valence-corrected chi connectivity index (χ3v) is 5.95. The minimum Gasteiger partial charge on any atom is -0.480 e. The number of thiol groups is 1. The fourth-order valence-corrected chi connectivity index (χ4v) is 3.37. The number of carbonyl (C=O) groups is 5. The second kappa shape index (κ2) is 15.0. The Morgan fingerprint density at radius 2 is 1.49 bits per heavy atom. The van der Waals surface area contributed by atoms with Gasteiger partial charge in [0.15, 0.2) is 0 Å². The highest BCUT2D eigenvalue weighted by Gasteiger charge is 2.31. The molecular weight excluding hydrogens is 474 g/mol. The molecule has 5 atom stereocenters. The number of carboxylic acid groups (broad SMARTS) is 1. The summed E-state index contributed by atoms with van der Waals surface area (Å²) in [5, 5.41) is 16.7. The van der Waals surface area contributed by atoms with Crippen LogP contribution in [0.5, 0.6) is 0 Å². The standard InChI is InChI=1S/C23H35N5O6S/c1-3-13(2)19(25)22(32)26-15(9-10-18(24)29)20(30)27-16(11-14-7-5-4-6-8-14)21(31)28-17(12-35)23(33)34/h4-8,13,15-17,19,35H,3,9-12,25H2,1-2H3,(H2,24,29)(H,26,32)(H,27,30)(H,28,31)(H,33,34). The lowest BCUT2D eigenvalue weighted by atomic mass is 9.98. The van der Waals surface area contributed by atoms with E-state index in [0.717, 1.165) is 0 Å². The largest absolute Gasteiger partial charge is 0.480 e. The molecule has 0 aliphatic heterocycles. The van der Waals surface area contributed by atoms with Crippen LogP contribution in [0.3, 0.4) is 0 Å². The number of carbonyl (C=O) groups excluding carboxylic acids is 4. The fraction of sp³-hybridized carbons (Fsp3) is 0.522. The second-order valence-electron chi connectivity index (χ2n) is 8.31. The second-order valence-corrected chi connectivity index (χ2v) is 8.68. The van der Waals surface area contributed by atoms with Crippen molar-refractivity contribution >= 4 is 42.2 Å². The SMILES string of the molecule is CCC(C)C(N)C(=O)NC(CCC(N)=O)C(=O)NC(Cc1ccccc1)C(=O)NC(CS)C(=O)O. The van der Waals surface area contributed by atoms with Gasteiger partial charge in [0.25, 0.3) is 0 Å². The number of aliphatic carboxylic acids is 1. The number of benzene rings is 1. The van der Waals surface area contributed by atoms with Crippen molar-refractivity contribution in [1.82, 2.24) is 16.0 Å². The molecule has 5 unspecified atom stereocenters. The summed E-state index contributed by atoms with van der Waals surface area (Å²) < 4.78 is 0. The maximum atomic E-state index is 13.1. The van der Waals surface area contributed by atoms with E-state index in [4.69, 9.17) is 11.5 Å². The number of nitrogens with two attached hydrogens (primary N) is 2. The van der Waals surface area contributed by atoms with E-state index in [1.165, 1.54) is 0 Å². The first-order valence-corrected chi connectivity index (χ1v) is 12.0. The Balaban J connectivity index is 3.11. The summed E-state index contributed by atoms with van der Waals surface area (Å²) in [6.07, 6.45) is 0.406. The third kappa shape index (κ3) is 10.4. The van der Waals surface area contributed by atoms with E-state index in [0.29, 0.717) is 12.0 Å². The molecule has 0 aromatic heterocycles. The summed E-state index contributed by atoms with van der Waals surface area (Å²) in [4.78, 5) is 61.3. The van der Waals surface area contributed by atoms with Crippen molar-refractivity contribution in [1.29, 1.82) is 0 Å². The molecule has 0 fully saturated rings. The van der Waals surface area contributed by atoms with E-state index in [1.807, 2.05) is 6.92 Å². The molecule has 0 heterocycles. The number of rotatable bonds is 15. The molecule has 35 heavy (non-hydrogen) atoms. The zero-order valence-corrected chi connectivity index (χ0v) is 20.8. The molecular formula is C23H35N5O6S. The van der Waals surface area contributed by atoms with Gasteiger partial charge in [-0.25, -0.2) is 4.79 Å². The van der Waals surface area contributed by atoms with Crippen LogP contribution >= 0.6 is 12.6 Å².